The molecule has 0 bridgehead atoms. The van der Waals surface area contributed by atoms with Crippen LogP contribution in [0.3, 0.4) is 0 Å². The molecule has 0 saturated carbocycles. The fraction of sp³-hybridized carbons (Fsp3) is 0.300. The molecule has 0 unspecified atom stereocenters. The molecular formula is C10H12N2O3. The number of nitrogens with one attached hydrogen (secondary N) is 1. The summed E-state index contributed by atoms with van der Waals surface area (Å²) in [5, 5.41) is 13.2. The average molecular weight is 208 g/mol. The second kappa shape index (κ2) is 4.08. The molecule has 0 aromatic heterocycles. The Morgan fingerprint density at radius 1 is 1.40 bits per heavy atom. The summed E-state index contributed by atoms with van der Waals surface area (Å²) in [5.41, 5.74) is 1.70. The molecule has 0 heterocycles. The normalized spacial score (nSPS) is 9.80. The zero-order valence-electron chi connectivity index (χ0n) is 8.83. The zero-order chi connectivity index (χ0) is 11.6. The number of nitrogens with zero attached hydrogens (tertiary/aromatic N) is 1. The van der Waals surface area contributed by atoms with Crippen LogP contribution in [-0.2, 0) is 4.79 Å². The number of aryl methyl sites for hydroxylation is 2. The molecule has 0 aliphatic rings. The van der Waals surface area contributed by atoms with Crippen LogP contribution in [0.5, 0.6) is 0 Å². The Kier molecular flexibility index (Phi) is 3.04. The van der Waals surface area contributed by atoms with E-state index in [0.717, 1.165) is 5.56 Å². The van der Waals surface area contributed by atoms with Crippen molar-refractivity contribution in [2.45, 2.75) is 20.8 Å². The fourth-order valence-corrected chi connectivity index (χ4v) is 1.43. The predicted molar refractivity (Wildman–Crippen MR) is 56.9 cm³/mol. The van der Waals surface area contributed by atoms with E-state index in [0.29, 0.717) is 5.56 Å². The van der Waals surface area contributed by atoms with Crippen LogP contribution >= 0.6 is 0 Å². The molecule has 0 aliphatic heterocycles. The quantitative estimate of drug-likeness (QED) is 0.598. The van der Waals surface area contributed by atoms with Crippen molar-refractivity contribution in [3.63, 3.8) is 0 Å². The number of hydrogen-bond donors (Lipinski definition) is 1. The van der Waals surface area contributed by atoms with Crippen molar-refractivity contribution >= 4 is 17.3 Å². The van der Waals surface area contributed by atoms with E-state index in [1.54, 1.807) is 19.9 Å². The first-order valence-corrected chi connectivity index (χ1v) is 4.45. The van der Waals surface area contributed by atoms with Gasteiger partial charge in [0.1, 0.15) is 5.69 Å². The Bertz CT molecular complexity index is 427. The van der Waals surface area contributed by atoms with Crippen LogP contribution in [0.1, 0.15) is 18.1 Å². The molecule has 5 nitrogen and oxygen atoms in total. The van der Waals surface area contributed by atoms with Crippen molar-refractivity contribution in [2.75, 3.05) is 5.32 Å². The van der Waals surface area contributed by atoms with Gasteiger partial charge in [0.05, 0.1) is 4.92 Å². The second-order valence-corrected chi connectivity index (χ2v) is 3.41. The number of carbonyl (C=O) groups is 1. The van der Waals surface area contributed by atoms with E-state index in [1.807, 2.05) is 0 Å². The van der Waals surface area contributed by atoms with E-state index in [1.165, 1.54) is 13.0 Å². The van der Waals surface area contributed by atoms with Crippen molar-refractivity contribution in [1.29, 1.82) is 0 Å². The lowest BCUT2D eigenvalue weighted by molar-refractivity contribution is -0.384. The van der Waals surface area contributed by atoms with Gasteiger partial charge in [-0.2, -0.15) is 0 Å². The number of anilines is 1. The van der Waals surface area contributed by atoms with Crippen LogP contribution in [-0.4, -0.2) is 10.8 Å². The minimum absolute atomic E-state index is 0.0669. The van der Waals surface area contributed by atoms with Gasteiger partial charge < -0.3 is 5.32 Å². The molecule has 0 spiro atoms. The smallest absolute Gasteiger partial charge is 0.293 e. The number of nitro groups is 1. The molecule has 0 saturated heterocycles. The molecular weight excluding hydrogens is 196 g/mol. The minimum Gasteiger partial charge on any atom is -0.320 e. The number of benzene rings is 1. The van der Waals surface area contributed by atoms with E-state index < -0.39 is 4.92 Å². The van der Waals surface area contributed by atoms with Gasteiger partial charge in [0.15, 0.2) is 0 Å². The summed E-state index contributed by atoms with van der Waals surface area (Å²) in [6, 6.07) is 3.23. The van der Waals surface area contributed by atoms with Gasteiger partial charge in [-0.25, -0.2) is 0 Å². The van der Waals surface area contributed by atoms with Gasteiger partial charge in [-0.05, 0) is 25.0 Å². The highest BCUT2D eigenvalue weighted by Crippen LogP contribution is 2.29. The molecule has 0 atom stereocenters. The first-order valence-electron chi connectivity index (χ1n) is 4.45. The standard InChI is InChI=1S/C10H12N2O3/c1-6-4-7(2)10(11-8(3)13)9(5-6)12(14)15/h4-5H,1-3H3,(H,11,13). The summed E-state index contributed by atoms with van der Waals surface area (Å²) in [6.45, 7) is 4.83. The number of amides is 1. The number of rotatable bonds is 2. The summed E-state index contributed by atoms with van der Waals surface area (Å²) in [4.78, 5) is 21.2. The predicted octanol–water partition coefficient (Wildman–Crippen LogP) is 2.17. The van der Waals surface area contributed by atoms with E-state index >= 15 is 0 Å². The van der Waals surface area contributed by atoms with E-state index in [-0.39, 0.29) is 17.3 Å². The highest BCUT2D eigenvalue weighted by atomic mass is 16.6. The average Bonchev–Trinajstić information content (AvgIpc) is 2.08. The minimum atomic E-state index is -0.495. The van der Waals surface area contributed by atoms with Crippen LogP contribution < -0.4 is 5.32 Å². The van der Waals surface area contributed by atoms with Gasteiger partial charge in [-0.3, -0.25) is 14.9 Å². The number of hydrogen-bond acceptors (Lipinski definition) is 3. The summed E-state index contributed by atoms with van der Waals surface area (Å²) < 4.78 is 0. The van der Waals surface area contributed by atoms with Gasteiger partial charge in [-0.1, -0.05) is 6.07 Å². The SMILES string of the molecule is CC(=O)Nc1c(C)cc(C)cc1[N+](=O)[O-]. The van der Waals surface area contributed by atoms with Gasteiger partial charge in [-0.15, -0.1) is 0 Å². The molecule has 80 valence electrons. The van der Waals surface area contributed by atoms with Crippen LogP contribution in [0.2, 0.25) is 0 Å². The maximum atomic E-state index is 10.9. The Morgan fingerprint density at radius 2 is 2.00 bits per heavy atom. The molecule has 1 N–H and O–H groups in total. The van der Waals surface area contributed by atoms with E-state index in [4.69, 9.17) is 0 Å². The number of nitro benzene ring substituents is 1. The zero-order valence-corrected chi connectivity index (χ0v) is 8.83. The third-order valence-corrected chi connectivity index (χ3v) is 1.96. The van der Waals surface area contributed by atoms with Gasteiger partial charge in [0.2, 0.25) is 5.91 Å². The molecule has 1 aromatic carbocycles. The van der Waals surface area contributed by atoms with Crippen LogP contribution in [0, 0.1) is 24.0 Å². The summed E-state index contributed by atoms with van der Waals surface area (Å²) >= 11 is 0. The van der Waals surface area contributed by atoms with Crippen LogP contribution in [0.25, 0.3) is 0 Å². The molecule has 1 amide bonds. The van der Waals surface area contributed by atoms with Gasteiger partial charge >= 0.3 is 0 Å². The Morgan fingerprint density at radius 3 is 2.47 bits per heavy atom. The van der Waals surface area contributed by atoms with E-state index in [2.05, 4.69) is 5.32 Å². The van der Waals surface area contributed by atoms with Crippen LogP contribution in [0.4, 0.5) is 11.4 Å². The summed E-state index contributed by atoms with van der Waals surface area (Å²) in [7, 11) is 0. The third kappa shape index (κ3) is 2.52. The van der Waals surface area contributed by atoms with E-state index in [9.17, 15) is 14.9 Å². The Hall–Kier alpha value is -1.91. The fourth-order valence-electron chi connectivity index (χ4n) is 1.43. The molecule has 0 aliphatic carbocycles. The lowest BCUT2D eigenvalue weighted by atomic mass is 10.1. The lowest BCUT2D eigenvalue weighted by Gasteiger charge is -2.08. The van der Waals surface area contributed by atoms with Crippen molar-refractivity contribution < 1.29 is 9.72 Å². The second-order valence-electron chi connectivity index (χ2n) is 3.41. The first kappa shape index (κ1) is 11.2. The molecule has 5 heteroatoms. The largest absolute Gasteiger partial charge is 0.320 e. The summed E-state index contributed by atoms with van der Waals surface area (Å²) in [5.74, 6) is -0.315. The Balaban J connectivity index is 3.33. The molecule has 0 radical (unpaired) electrons. The molecule has 0 fully saturated rings. The molecule has 1 rings (SSSR count). The van der Waals surface area contributed by atoms with Crippen molar-refractivity contribution in [3.05, 3.63) is 33.4 Å². The van der Waals surface area contributed by atoms with Crippen molar-refractivity contribution in [3.8, 4) is 0 Å². The topological polar surface area (TPSA) is 72.2 Å². The van der Waals surface area contributed by atoms with Crippen molar-refractivity contribution in [1.82, 2.24) is 0 Å². The highest BCUT2D eigenvalue weighted by molar-refractivity contribution is 5.92. The first-order chi connectivity index (χ1) is 6.91. The molecule has 15 heavy (non-hydrogen) atoms. The third-order valence-electron chi connectivity index (χ3n) is 1.96. The highest BCUT2D eigenvalue weighted by Gasteiger charge is 2.17. The summed E-state index contributed by atoms with van der Waals surface area (Å²) in [6.07, 6.45) is 0. The number of carbonyl (C=O) groups excluding carboxylic acids is 1. The maximum Gasteiger partial charge on any atom is 0.293 e. The molecule has 1 aromatic rings. The van der Waals surface area contributed by atoms with Crippen molar-refractivity contribution in [2.24, 2.45) is 0 Å². The maximum absolute atomic E-state index is 10.9. The van der Waals surface area contributed by atoms with Gasteiger partial charge in [0.25, 0.3) is 5.69 Å². The van der Waals surface area contributed by atoms with Crippen LogP contribution in [0.15, 0.2) is 12.1 Å². The van der Waals surface area contributed by atoms with Gasteiger partial charge in [0, 0.05) is 13.0 Å². The monoisotopic (exact) mass is 208 g/mol. The lowest BCUT2D eigenvalue weighted by Crippen LogP contribution is -2.09. The Labute approximate surface area is 87.3 Å².